The first kappa shape index (κ1) is 11.4. The molecule has 3 nitrogen and oxygen atoms in total. The minimum absolute atomic E-state index is 0.493. The molecule has 5 heteroatoms. The molecule has 0 radical (unpaired) electrons. The van der Waals surface area contributed by atoms with Gasteiger partial charge in [-0.2, -0.15) is 0 Å². The highest BCUT2D eigenvalue weighted by atomic mass is 35.5. The summed E-state index contributed by atoms with van der Waals surface area (Å²) in [4.78, 5) is 8.53. The van der Waals surface area contributed by atoms with Crippen LogP contribution in [0.3, 0.4) is 0 Å². The standard InChI is InChI=1S/C13H9ClN2OS/c1-17-8-2-3-9-10(6-8)11(7-16-12(9)14)13-15-4-5-18-13/h2-7H,1H3. The van der Waals surface area contributed by atoms with Crippen molar-refractivity contribution in [2.45, 2.75) is 0 Å². The average molecular weight is 277 g/mol. The molecule has 0 aliphatic rings. The summed E-state index contributed by atoms with van der Waals surface area (Å²) >= 11 is 7.69. The van der Waals surface area contributed by atoms with Crippen LogP contribution >= 0.6 is 22.9 Å². The monoisotopic (exact) mass is 276 g/mol. The largest absolute Gasteiger partial charge is 0.497 e. The van der Waals surface area contributed by atoms with Gasteiger partial charge in [-0.3, -0.25) is 0 Å². The molecule has 2 aromatic heterocycles. The van der Waals surface area contributed by atoms with E-state index in [4.69, 9.17) is 16.3 Å². The average Bonchev–Trinajstić information content (AvgIpc) is 2.92. The van der Waals surface area contributed by atoms with E-state index in [0.29, 0.717) is 5.15 Å². The van der Waals surface area contributed by atoms with Crippen molar-refractivity contribution in [3.05, 3.63) is 41.1 Å². The molecular weight excluding hydrogens is 268 g/mol. The van der Waals surface area contributed by atoms with Gasteiger partial charge in [-0.1, -0.05) is 11.6 Å². The lowest BCUT2D eigenvalue weighted by Crippen LogP contribution is -1.88. The lowest BCUT2D eigenvalue weighted by Gasteiger charge is -2.07. The quantitative estimate of drug-likeness (QED) is 0.663. The molecule has 0 spiro atoms. The second-order valence-corrected chi connectivity index (χ2v) is 4.96. The second-order valence-electron chi connectivity index (χ2n) is 3.71. The van der Waals surface area contributed by atoms with Gasteiger partial charge in [0.15, 0.2) is 0 Å². The smallest absolute Gasteiger partial charge is 0.136 e. The van der Waals surface area contributed by atoms with E-state index in [-0.39, 0.29) is 0 Å². The highest BCUT2D eigenvalue weighted by Crippen LogP contribution is 2.34. The topological polar surface area (TPSA) is 35.0 Å². The molecule has 0 aliphatic carbocycles. The number of benzene rings is 1. The summed E-state index contributed by atoms with van der Waals surface area (Å²) in [7, 11) is 1.65. The van der Waals surface area contributed by atoms with E-state index in [9.17, 15) is 0 Å². The summed E-state index contributed by atoms with van der Waals surface area (Å²) in [6.45, 7) is 0. The fourth-order valence-electron chi connectivity index (χ4n) is 1.84. The third-order valence-electron chi connectivity index (χ3n) is 2.71. The number of rotatable bonds is 2. The maximum atomic E-state index is 6.12. The molecule has 1 aromatic carbocycles. The van der Waals surface area contributed by atoms with Crippen molar-refractivity contribution in [1.82, 2.24) is 9.97 Å². The van der Waals surface area contributed by atoms with E-state index < -0.39 is 0 Å². The van der Waals surface area contributed by atoms with Gasteiger partial charge < -0.3 is 4.74 Å². The van der Waals surface area contributed by atoms with Gasteiger partial charge >= 0.3 is 0 Å². The van der Waals surface area contributed by atoms with Crippen molar-refractivity contribution in [2.24, 2.45) is 0 Å². The van der Waals surface area contributed by atoms with E-state index in [2.05, 4.69) is 9.97 Å². The molecule has 0 saturated carbocycles. The van der Waals surface area contributed by atoms with Crippen LogP contribution in [0.15, 0.2) is 36.0 Å². The number of pyridine rings is 1. The Balaban J connectivity index is 2.35. The van der Waals surface area contributed by atoms with Gasteiger partial charge in [0.2, 0.25) is 0 Å². The highest BCUT2D eigenvalue weighted by Gasteiger charge is 2.10. The Morgan fingerprint density at radius 1 is 1.22 bits per heavy atom. The van der Waals surface area contributed by atoms with Crippen LogP contribution in [-0.2, 0) is 0 Å². The molecule has 0 saturated heterocycles. The zero-order chi connectivity index (χ0) is 12.5. The maximum absolute atomic E-state index is 6.12. The molecule has 2 heterocycles. The molecule has 0 N–H and O–H groups in total. The number of halogens is 1. The summed E-state index contributed by atoms with van der Waals surface area (Å²) < 4.78 is 5.25. The number of thiazole rings is 1. The van der Waals surface area contributed by atoms with Crippen molar-refractivity contribution < 1.29 is 4.74 Å². The Morgan fingerprint density at radius 2 is 2.11 bits per heavy atom. The highest BCUT2D eigenvalue weighted by molar-refractivity contribution is 7.13. The van der Waals surface area contributed by atoms with Gasteiger partial charge in [0.1, 0.15) is 15.9 Å². The molecule has 3 rings (SSSR count). The van der Waals surface area contributed by atoms with Gasteiger partial charge in [0, 0.05) is 34.1 Å². The van der Waals surface area contributed by atoms with Crippen molar-refractivity contribution in [3.8, 4) is 16.3 Å². The SMILES string of the molecule is COc1ccc2c(Cl)ncc(-c3nccs3)c2c1. The van der Waals surface area contributed by atoms with Crippen LogP contribution < -0.4 is 4.74 Å². The summed E-state index contributed by atoms with van der Waals surface area (Å²) in [5.41, 5.74) is 0.975. The van der Waals surface area contributed by atoms with Crippen LogP contribution in [0.1, 0.15) is 0 Å². The number of ether oxygens (including phenoxy) is 1. The number of hydrogen-bond acceptors (Lipinski definition) is 4. The van der Waals surface area contributed by atoms with E-state index in [1.54, 1.807) is 30.8 Å². The van der Waals surface area contributed by atoms with Gasteiger partial charge in [-0.05, 0) is 18.2 Å². The molecule has 90 valence electrons. The molecule has 0 fully saturated rings. The Bertz CT molecular complexity index is 698. The van der Waals surface area contributed by atoms with Gasteiger partial charge in [-0.15, -0.1) is 11.3 Å². The van der Waals surface area contributed by atoms with Crippen LogP contribution in [0.25, 0.3) is 21.3 Å². The predicted molar refractivity (Wildman–Crippen MR) is 74.4 cm³/mol. The third-order valence-corrected chi connectivity index (χ3v) is 3.82. The Kier molecular flexibility index (Phi) is 2.89. The zero-order valence-electron chi connectivity index (χ0n) is 9.55. The lowest BCUT2D eigenvalue weighted by atomic mass is 10.1. The molecule has 0 atom stereocenters. The summed E-state index contributed by atoms with van der Waals surface area (Å²) in [6, 6.07) is 5.75. The number of fused-ring (bicyclic) bond motifs is 1. The Morgan fingerprint density at radius 3 is 2.83 bits per heavy atom. The number of aromatic nitrogens is 2. The normalized spacial score (nSPS) is 10.8. The van der Waals surface area contributed by atoms with Crippen molar-refractivity contribution >= 4 is 33.7 Å². The van der Waals surface area contributed by atoms with Gasteiger partial charge in [0.25, 0.3) is 0 Å². The van der Waals surface area contributed by atoms with Gasteiger partial charge in [-0.25, -0.2) is 9.97 Å². The van der Waals surface area contributed by atoms with Crippen LogP contribution in [-0.4, -0.2) is 17.1 Å². The first-order chi connectivity index (χ1) is 8.79. The number of methoxy groups -OCH3 is 1. The second kappa shape index (κ2) is 4.55. The van der Waals surface area contributed by atoms with E-state index in [1.165, 1.54) is 0 Å². The first-order valence-electron chi connectivity index (χ1n) is 5.31. The lowest BCUT2D eigenvalue weighted by molar-refractivity contribution is 0.415. The molecule has 18 heavy (non-hydrogen) atoms. The predicted octanol–water partition coefficient (Wildman–Crippen LogP) is 4.02. The van der Waals surface area contributed by atoms with E-state index >= 15 is 0 Å². The molecule has 0 unspecified atom stereocenters. The van der Waals surface area contributed by atoms with Crippen LogP contribution in [0.5, 0.6) is 5.75 Å². The van der Waals surface area contributed by atoms with Crippen molar-refractivity contribution in [2.75, 3.05) is 7.11 Å². The van der Waals surface area contributed by atoms with Crippen LogP contribution in [0.4, 0.5) is 0 Å². The van der Waals surface area contributed by atoms with Crippen molar-refractivity contribution in [3.63, 3.8) is 0 Å². The number of nitrogens with zero attached hydrogens (tertiary/aromatic N) is 2. The minimum Gasteiger partial charge on any atom is -0.497 e. The summed E-state index contributed by atoms with van der Waals surface area (Å²) in [6.07, 6.45) is 3.53. The molecule has 0 aliphatic heterocycles. The zero-order valence-corrected chi connectivity index (χ0v) is 11.1. The third kappa shape index (κ3) is 1.83. The first-order valence-corrected chi connectivity index (χ1v) is 6.57. The maximum Gasteiger partial charge on any atom is 0.136 e. The fourth-order valence-corrected chi connectivity index (χ4v) is 2.72. The minimum atomic E-state index is 0.493. The fraction of sp³-hybridized carbons (Fsp3) is 0.0769. The van der Waals surface area contributed by atoms with Crippen LogP contribution in [0, 0.1) is 0 Å². The molecule has 3 aromatic rings. The van der Waals surface area contributed by atoms with Crippen LogP contribution in [0.2, 0.25) is 5.15 Å². The van der Waals surface area contributed by atoms with E-state index in [0.717, 1.165) is 27.1 Å². The summed E-state index contributed by atoms with van der Waals surface area (Å²) in [5.74, 6) is 0.794. The molecular formula is C13H9ClN2OS. The Labute approximate surface area is 113 Å². The Hall–Kier alpha value is -1.65. The number of hydrogen-bond donors (Lipinski definition) is 0. The summed E-state index contributed by atoms with van der Waals surface area (Å²) in [5, 5.41) is 5.27. The molecule has 0 amide bonds. The van der Waals surface area contributed by atoms with Gasteiger partial charge in [0.05, 0.1) is 7.11 Å². The molecule has 0 bridgehead atoms. The van der Waals surface area contributed by atoms with E-state index in [1.807, 2.05) is 23.6 Å². The van der Waals surface area contributed by atoms with Crippen molar-refractivity contribution in [1.29, 1.82) is 0 Å².